The van der Waals surface area contributed by atoms with Gasteiger partial charge in [0, 0.05) is 6.26 Å². The zero-order chi connectivity index (χ0) is 8.06. The summed E-state index contributed by atoms with van der Waals surface area (Å²) in [5.74, 6) is 0. The number of sulfone groups is 1. The summed E-state index contributed by atoms with van der Waals surface area (Å²) in [7, 11) is -2.86. The summed E-state index contributed by atoms with van der Waals surface area (Å²) in [6.45, 7) is 0. The molecule has 11 heavy (non-hydrogen) atoms. The van der Waals surface area contributed by atoms with Crippen LogP contribution >= 0.6 is 0 Å². The largest absolute Gasteiger partial charge is 0.374 e. The van der Waals surface area contributed by atoms with Crippen molar-refractivity contribution in [2.45, 2.75) is 36.7 Å². The molecule has 0 aromatic carbocycles. The topological polar surface area (TPSA) is 43.4 Å². The van der Waals surface area contributed by atoms with Gasteiger partial charge >= 0.3 is 0 Å². The minimum Gasteiger partial charge on any atom is -0.374 e. The van der Waals surface area contributed by atoms with Crippen molar-refractivity contribution in [3.05, 3.63) is 0 Å². The van der Waals surface area contributed by atoms with Crippen molar-refractivity contribution in [1.29, 1.82) is 0 Å². The summed E-state index contributed by atoms with van der Waals surface area (Å²) in [6.07, 6.45) is 4.26. The lowest BCUT2D eigenvalue weighted by Gasteiger charge is -2.15. The van der Waals surface area contributed by atoms with E-state index in [-0.39, 0.29) is 17.5 Å². The maximum atomic E-state index is 11.1. The van der Waals surface area contributed by atoms with Crippen LogP contribution in [0.25, 0.3) is 0 Å². The number of hydrogen-bond donors (Lipinski definition) is 0. The third-order valence-corrected chi connectivity index (χ3v) is 4.20. The van der Waals surface area contributed by atoms with Crippen LogP contribution in [0.1, 0.15) is 19.3 Å². The predicted octanol–water partition coefficient (Wildman–Crippen LogP) is 0.351. The molecule has 3 unspecified atom stereocenters. The van der Waals surface area contributed by atoms with Crippen molar-refractivity contribution < 1.29 is 13.2 Å². The molecule has 3 atom stereocenters. The van der Waals surface area contributed by atoms with Gasteiger partial charge in [0.15, 0.2) is 9.84 Å². The molecule has 0 spiro atoms. The quantitative estimate of drug-likeness (QED) is 0.579. The van der Waals surface area contributed by atoms with Crippen LogP contribution in [0, 0.1) is 0 Å². The molecule has 4 heteroatoms. The van der Waals surface area contributed by atoms with Gasteiger partial charge < -0.3 is 4.74 Å². The van der Waals surface area contributed by atoms with Crippen molar-refractivity contribution in [3.63, 3.8) is 0 Å². The summed E-state index contributed by atoms with van der Waals surface area (Å²) >= 11 is 0. The molecule has 0 aliphatic carbocycles. The van der Waals surface area contributed by atoms with E-state index in [4.69, 9.17) is 4.74 Å². The van der Waals surface area contributed by atoms with Crippen LogP contribution in [0.5, 0.6) is 0 Å². The van der Waals surface area contributed by atoms with Crippen LogP contribution in [0.15, 0.2) is 0 Å². The van der Waals surface area contributed by atoms with Crippen LogP contribution in [-0.4, -0.2) is 32.1 Å². The molecule has 2 rings (SSSR count). The van der Waals surface area contributed by atoms with Gasteiger partial charge in [-0.05, 0) is 19.3 Å². The Labute approximate surface area is 66.7 Å². The minimum atomic E-state index is -2.86. The highest BCUT2D eigenvalue weighted by Gasteiger charge is 2.45. The summed E-state index contributed by atoms with van der Waals surface area (Å²) in [5, 5.41) is -0.207. The zero-order valence-electron chi connectivity index (χ0n) is 6.49. The van der Waals surface area contributed by atoms with E-state index in [1.165, 1.54) is 6.26 Å². The molecule has 0 amide bonds. The average molecular weight is 176 g/mol. The number of hydrogen-bond acceptors (Lipinski definition) is 3. The molecule has 0 N–H and O–H groups in total. The SMILES string of the molecule is CS(=O)(=O)C1CC2CCC1O2. The summed E-state index contributed by atoms with van der Waals surface area (Å²) in [5.41, 5.74) is 0. The fraction of sp³-hybridized carbons (Fsp3) is 1.00. The Hall–Kier alpha value is -0.0900. The molecule has 2 aliphatic rings. The molecule has 0 saturated carbocycles. The third-order valence-electron chi connectivity index (χ3n) is 2.60. The second-order valence-corrected chi connectivity index (χ2v) is 5.74. The van der Waals surface area contributed by atoms with Gasteiger partial charge in [-0.1, -0.05) is 0 Å². The Morgan fingerprint density at radius 2 is 2.09 bits per heavy atom. The van der Waals surface area contributed by atoms with E-state index in [1.54, 1.807) is 0 Å². The van der Waals surface area contributed by atoms with Crippen LogP contribution < -0.4 is 0 Å². The second-order valence-electron chi connectivity index (χ2n) is 3.48. The minimum absolute atomic E-state index is 0.00926. The van der Waals surface area contributed by atoms with E-state index in [0.717, 1.165) is 19.3 Å². The third kappa shape index (κ3) is 1.18. The van der Waals surface area contributed by atoms with E-state index < -0.39 is 9.84 Å². The van der Waals surface area contributed by atoms with Crippen LogP contribution in [0.2, 0.25) is 0 Å². The predicted molar refractivity (Wildman–Crippen MR) is 41.1 cm³/mol. The lowest BCUT2D eigenvalue weighted by atomic mass is 10.0. The van der Waals surface area contributed by atoms with Gasteiger partial charge in [-0.2, -0.15) is 0 Å². The van der Waals surface area contributed by atoms with Crippen molar-refractivity contribution in [1.82, 2.24) is 0 Å². The van der Waals surface area contributed by atoms with E-state index >= 15 is 0 Å². The molecule has 2 saturated heterocycles. The number of rotatable bonds is 1. The molecule has 0 aromatic rings. The van der Waals surface area contributed by atoms with Crippen molar-refractivity contribution >= 4 is 9.84 Å². The highest BCUT2D eigenvalue weighted by Crippen LogP contribution is 2.37. The average Bonchev–Trinajstić information content (AvgIpc) is 2.42. The first-order chi connectivity index (χ1) is 5.07. The normalized spacial score (nSPS) is 43.2. The fourth-order valence-corrected chi connectivity index (χ4v) is 3.36. The number of fused-ring (bicyclic) bond motifs is 2. The van der Waals surface area contributed by atoms with Gasteiger partial charge in [-0.15, -0.1) is 0 Å². The molecule has 2 bridgehead atoms. The first kappa shape index (κ1) is 7.55. The summed E-state index contributed by atoms with van der Waals surface area (Å²) in [6, 6.07) is 0. The number of ether oxygens (including phenoxy) is 1. The van der Waals surface area contributed by atoms with Gasteiger partial charge in [-0.25, -0.2) is 8.42 Å². The van der Waals surface area contributed by atoms with Gasteiger partial charge in [0.25, 0.3) is 0 Å². The van der Waals surface area contributed by atoms with Crippen LogP contribution in [-0.2, 0) is 14.6 Å². The van der Waals surface area contributed by atoms with Crippen molar-refractivity contribution in [3.8, 4) is 0 Å². The maximum absolute atomic E-state index is 11.1. The Morgan fingerprint density at radius 1 is 1.36 bits per heavy atom. The molecular formula is C7H12O3S. The van der Waals surface area contributed by atoms with Crippen molar-refractivity contribution in [2.75, 3.05) is 6.26 Å². The fourth-order valence-electron chi connectivity index (χ4n) is 2.04. The zero-order valence-corrected chi connectivity index (χ0v) is 7.30. The Morgan fingerprint density at radius 3 is 2.36 bits per heavy atom. The van der Waals surface area contributed by atoms with Crippen molar-refractivity contribution in [2.24, 2.45) is 0 Å². The van der Waals surface area contributed by atoms with Gasteiger partial charge in [0.2, 0.25) is 0 Å². The van der Waals surface area contributed by atoms with E-state index in [1.807, 2.05) is 0 Å². The molecule has 2 fully saturated rings. The summed E-state index contributed by atoms with van der Waals surface area (Å²) in [4.78, 5) is 0. The van der Waals surface area contributed by atoms with Crippen LogP contribution in [0.4, 0.5) is 0 Å². The second kappa shape index (κ2) is 2.20. The van der Waals surface area contributed by atoms with Gasteiger partial charge in [0.05, 0.1) is 17.5 Å². The maximum Gasteiger partial charge on any atom is 0.152 e. The van der Waals surface area contributed by atoms with Crippen LogP contribution in [0.3, 0.4) is 0 Å². The Balaban J connectivity index is 2.21. The van der Waals surface area contributed by atoms with Gasteiger partial charge in [-0.3, -0.25) is 0 Å². The monoisotopic (exact) mass is 176 g/mol. The molecule has 64 valence electrons. The smallest absolute Gasteiger partial charge is 0.152 e. The highest BCUT2D eigenvalue weighted by atomic mass is 32.2. The van der Waals surface area contributed by atoms with E-state index in [0.29, 0.717) is 0 Å². The highest BCUT2D eigenvalue weighted by molar-refractivity contribution is 7.91. The first-order valence-electron chi connectivity index (χ1n) is 3.92. The Kier molecular flexibility index (Phi) is 1.51. The molecule has 2 aliphatic heterocycles. The lowest BCUT2D eigenvalue weighted by molar-refractivity contribution is 0.105. The van der Waals surface area contributed by atoms with E-state index in [9.17, 15) is 8.42 Å². The van der Waals surface area contributed by atoms with Gasteiger partial charge in [0.1, 0.15) is 0 Å². The molecule has 3 nitrogen and oxygen atoms in total. The molecular weight excluding hydrogens is 164 g/mol. The molecule has 0 radical (unpaired) electrons. The first-order valence-corrected chi connectivity index (χ1v) is 5.87. The molecule has 2 heterocycles. The standard InChI is InChI=1S/C7H12O3S/c1-11(8,9)7-4-5-2-3-6(7)10-5/h5-7H,2-4H2,1H3. The summed E-state index contributed by atoms with van der Waals surface area (Å²) < 4.78 is 27.7. The molecule has 0 aromatic heterocycles. The van der Waals surface area contributed by atoms with E-state index in [2.05, 4.69) is 0 Å². The lowest BCUT2D eigenvalue weighted by Crippen LogP contribution is -2.30. The Bertz CT molecular complexity index is 257.